The third-order valence-corrected chi connectivity index (χ3v) is 8.68. The van der Waals surface area contributed by atoms with E-state index >= 15 is 0 Å². The van der Waals surface area contributed by atoms with E-state index in [2.05, 4.69) is 37.2 Å². The van der Waals surface area contributed by atoms with Crippen LogP contribution in [-0.2, 0) is 16.0 Å². The molecule has 0 aromatic heterocycles. The lowest BCUT2D eigenvalue weighted by Crippen LogP contribution is -2.34. The summed E-state index contributed by atoms with van der Waals surface area (Å²) in [6.45, 7) is 2.04. The first-order valence-electron chi connectivity index (χ1n) is 10.1. The van der Waals surface area contributed by atoms with E-state index < -0.39 is 0 Å². The van der Waals surface area contributed by atoms with Gasteiger partial charge >= 0.3 is 0 Å². The zero-order valence-electron chi connectivity index (χ0n) is 16.5. The summed E-state index contributed by atoms with van der Waals surface area (Å²) >= 11 is 7.21. The molecule has 4 atom stereocenters. The number of carbonyl (C=O) groups is 3. The van der Waals surface area contributed by atoms with E-state index in [1.165, 1.54) is 4.90 Å². The summed E-state index contributed by atoms with van der Waals surface area (Å²) in [5.74, 6) is -1.10. The number of halogens is 2. The smallest absolute Gasteiger partial charge is 0.255 e. The van der Waals surface area contributed by atoms with Crippen LogP contribution in [0.2, 0.25) is 0 Å². The highest BCUT2D eigenvalue weighted by atomic mass is 79.9. The largest absolute Gasteiger partial charge is 0.322 e. The molecule has 5 nitrogen and oxygen atoms in total. The number of anilines is 2. The van der Waals surface area contributed by atoms with Crippen LogP contribution in [0.25, 0.3) is 0 Å². The number of benzene rings is 2. The summed E-state index contributed by atoms with van der Waals surface area (Å²) in [4.78, 5) is 40.1. The Hall–Kier alpha value is -1.99. The number of para-hydroxylation sites is 1. The van der Waals surface area contributed by atoms with Crippen LogP contribution in [-0.4, -0.2) is 27.4 Å². The summed E-state index contributed by atoms with van der Waals surface area (Å²) in [5, 5.41) is 2.94. The Morgan fingerprint density at radius 2 is 1.53 bits per heavy atom. The molecule has 2 aromatic rings. The number of imide groups is 1. The third kappa shape index (κ3) is 3.85. The van der Waals surface area contributed by atoms with Gasteiger partial charge in [-0.2, -0.15) is 0 Å². The Morgan fingerprint density at radius 3 is 2.10 bits per heavy atom. The molecule has 2 aromatic carbocycles. The monoisotopic (exact) mass is 532 g/mol. The average molecular weight is 534 g/mol. The van der Waals surface area contributed by atoms with Crippen LogP contribution in [0, 0.1) is 11.8 Å². The van der Waals surface area contributed by atoms with E-state index in [4.69, 9.17) is 0 Å². The first-order valence-corrected chi connectivity index (χ1v) is 11.9. The molecule has 0 radical (unpaired) electrons. The molecule has 0 unspecified atom stereocenters. The molecule has 3 amide bonds. The number of amides is 3. The predicted molar refractivity (Wildman–Crippen MR) is 124 cm³/mol. The fourth-order valence-electron chi connectivity index (χ4n) is 4.26. The maximum Gasteiger partial charge on any atom is 0.255 e. The summed E-state index contributed by atoms with van der Waals surface area (Å²) < 4.78 is 0. The Bertz CT molecular complexity index is 964. The molecule has 0 spiro atoms. The van der Waals surface area contributed by atoms with Gasteiger partial charge in [0, 0.05) is 20.9 Å². The highest BCUT2D eigenvalue weighted by Gasteiger charge is 2.52. The number of fused-ring (bicyclic) bond motifs is 1. The van der Waals surface area contributed by atoms with E-state index in [-0.39, 0.29) is 39.2 Å². The lowest BCUT2D eigenvalue weighted by Gasteiger charge is -2.29. The van der Waals surface area contributed by atoms with Gasteiger partial charge in [-0.3, -0.25) is 19.3 Å². The average Bonchev–Trinajstić information content (AvgIpc) is 2.98. The number of nitrogens with zero attached hydrogens (tertiary/aromatic N) is 1. The van der Waals surface area contributed by atoms with Crippen molar-refractivity contribution in [3.63, 3.8) is 0 Å². The van der Waals surface area contributed by atoms with E-state index in [9.17, 15) is 14.4 Å². The number of nitrogens with one attached hydrogen (secondary N) is 1. The Morgan fingerprint density at radius 1 is 0.967 bits per heavy atom. The lowest BCUT2D eigenvalue weighted by atomic mass is 9.81. The van der Waals surface area contributed by atoms with Gasteiger partial charge in [0.1, 0.15) is 0 Å². The van der Waals surface area contributed by atoms with Crippen molar-refractivity contribution >= 4 is 61.0 Å². The van der Waals surface area contributed by atoms with Crippen molar-refractivity contribution in [2.75, 3.05) is 10.2 Å². The molecule has 1 N–H and O–H groups in total. The van der Waals surface area contributed by atoms with Crippen LogP contribution in [0.5, 0.6) is 0 Å². The van der Waals surface area contributed by atoms with Crippen molar-refractivity contribution in [2.45, 2.75) is 35.8 Å². The highest BCUT2D eigenvalue weighted by molar-refractivity contribution is 9.12. The molecule has 2 aliphatic rings. The van der Waals surface area contributed by atoms with Gasteiger partial charge in [0.25, 0.3) is 5.91 Å². The van der Waals surface area contributed by atoms with Gasteiger partial charge in [0.15, 0.2) is 0 Å². The molecule has 156 valence electrons. The standard InChI is InChI=1S/C23H22Br2N2O3/c1-2-13-5-3-4-6-20(13)26-21(28)14-7-9-15(10-8-14)27-22(29)16-11-18(24)19(25)12-17(16)23(27)30/h3-10,16-19H,2,11-12H2,1H3,(H,26,28)/t16-,17-,18-,19+/m1/s1. The number of hydrogen-bond acceptors (Lipinski definition) is 3. The van der Waals surface area contributed by atoms with Gasteiger partial charge < -0.3 is 5.32 Å². The molecule has 1 aliphatic carbocycles. The molecular weight excluding hydrogens is 512 g/mol. The van der Waals surface area contributed by atoms with Gasteiger partial charge in [-0.05, 0) is 55.2 Å². The summed E-state index contributed by atoms with van der Waals surface area (Å²) in [6, 6.07) is 14.3. The molecule has 0 bridgehead atoms. The third-order valence-electron chi connectivity index (χ3n) is 5.95. The Balaban J connectivity index is 1.51. The number of aryl methyl sites for hydroxylation is 1. The van der Waals surface area contributed by atoms with Gasteiger partial charge in [0.2, 0.25) is 11.8 Å². The molecule has 4 rings (SSSR count). The minimum absolute atomic E-state index is 0.150. The summed E-state index contributed by atoms with van der Waals surface area (Å²) in [7, 11) is 0. The second-order valence-electron chi connectivity index (χ2n) is 7.74. The first-order chi connectivity index (χ1) is 14.4. The van der Waals surface area contributed by atoms with Crippen LogP contribution in [0.3, 0.4) is 0 Å². The lowest BCUT2D eigenvalue weighted by molar-refractivity contribution is -0.122. The maximum absolute atomic E-state index is 12.9. The zero-order chi connectivity index (χ0) is 21.4. The van der Waals surface area contributed by atoms with Crippen LogP contribution in [0.1, 0.15) is 35.7 Å². The molecule has 1 saturated carbocycles. The van der Waals surface area contributed by atoms with Crippen molar-refractivity contribution in [3.8, 4) is 0 Å². The topological polar surface area (TPSA) is 66.5 Å². The second-order valence-corrected chi connectivity index (χ2v) is 10.1. The summed E-state index contributed by atoms with van der Waals surface area (Å²) in [6.07, 6.45) is 2.10. The van der Waals surface area contributed by atoms with E-state index in [1.807, 2.05) is 31.2 Å². The van der Waals surface area contributed by atoms with Crippen molar-refractivity contribution in [3.05, 3.63) is 59.7 Å². The number of rotatable bonds is 4. The van der Waals surface area contributed by atoms with Crippen LogP contribution < -0.4 is 10.2 Å². The molecular formula is C23H22Br2N2O3. The number of hydrogen-bond donors (Lipinski definition) is 1. The van der Waals surface area contributed by atoms with Crippen molar-refractivity contribution in [2.24, 2.45) is 11.8 Å². The van der Waals surface area contributed by atoms with E-state index in [1.54, 1.807) is 24.3 Å². The minimum atomic E-state index is -0.288. The molecule has 7 heteroatoms. The Kier molecular flexibility index (Phi) is 6.11. The van der Waals surface area contributed by atoms with Gasteiger partial charge in [-0.1, -0.05) is 57.0 Å². The van der Waals surface area contributed by atoms with Crippen LogP contribution in [0.15, 0.2) is 48.5 Å². The highest BCUT2D eigenvalue weighted by Crippen LogP contribution is 2.44. The summed E-state index contributed by atoms with van der Waals surface area (Å²) in [5.41, 5.74) is 2.84. The van der Waals surface area contributed by atoms with Gasteiger partial charge in [0.05, 0.1) is 17.5 Å². The predicted octanol–water partition coefficient (Wildman–Crippen LogP) is 4.93. The van der Waals surface area contributed by atoms with Crippen LogP contribution >= 0.6 is 31.9 Å². The fraction of sp³-hybridized carbons (Fsp3) is 0.348. The fourth-order valence-corrected chi connectivity index (χ4v) is 5.49. The van der Waals surface area contributed by atoms with Crippen molar-refractivity contribution in [1.29, 1.82) is 0 Å². The molecule has 30 heavy (non-hydrogen) atoms. The molecule has 1 aliphatic heterocycles. The van der Waals surface area contributed by atoms with Crippen molar-refractivity contribution < 1.29 is 14.4 Å². The normalized spacial score (nSPS) is 25.9. The Labute approximate surface area is 192 Å². The van der Waals surface area contributed by atoms with Crippen LogP contribution in [0.4, 0.5) is 11.4 Å². The quantitative estimate of drug-likeness (QED) is 0.447. The zero-order valence-corrected chi connectivity index (χ0v) is 19.6. The first kappa shape index (κ1) is 21.2. The number of carbonyl (C=O) groups excluding carboxylic acids is 3. The number of alkyl halides is 2. The minimum Gasteiger partial charge on any atom is -0.322 e. The van der Waals surface area contributed by atoms with Gasteiger partial charge in [-0.15, -0.1) is 0 Å². The van der Waals surface area contributed by atoms with Gasteiger partial charge in [-0.25, -0.2) is 0 Å². The van der Waals surface area contributed by atoms with E-state index in [0.717, 1.165) is 17.7 Å². The molecule has 2 fully saturated rings. The molecule has 1 heterocycles. The SMILES string of the molecule is CCc1ccccc1NC(=O)c1ccc(N2C(=O)[C@@H]3C[C@@H](Br)[C@@H](Br)C[C@H]3C2=O)cc1. The maximum atomic E-state index is 12.9. The molecule has 1 saturated heterocycles. The van der Waals surface area contributed by atoms with Crippen molar-refractivity contribution in [1.82, 2.24) is 0 Å². The second kappa shape index (κ2) is 8.63. The van der Waals surface area contributed by atoms with E-state index in [0.29, 0.717) is 24.1 Å².